The molecule has 0 aliphatic carbocycles. The summed E-state index contributed by atoms with van der Waals surface area (Å²) in [5.41, 5.74) is 4.50. The van der Waals surface area contributed by atoms with E-state index in [9.17, 15) is 9.59 Å². The number of pyridine rings is 1. The number of likely N-dealkylation sites (tertiary alicyclic amines) is 1. The van der Waals surface area contributed by atoms with Crippen LogP contribution in [0.25, 0.3) is 0 Å². The van der Waals surface area contributed by atoms with Gasteiger partial charge in [0, 0.05) is 56.7 Å². The monoisotopic (exact) mass is 396 g/mol. The molecule has 29 heavy (non-hydrogen) atoms. The highest BCUT2D eigenvalue weighted by Crippen LogP contribution is 2.33. The van der Waals surface area contributed by atoms with E-state index in [1.807, 2.05) is 23.6 Å². The topological polar surface area (TPSA) is 85.4 Å². The molecule has 2 aromatic rings. The fourth-order valence-corrected chi connectivity index (χ4v) is 4.38. The standard InChI is InChI=1S/C21H28N6O2/c1-14-11-17(12-19(23-14)20-5-4-6-27(20)16(3)28)25-7-9-26(10-8-25)21(29)18-13-22-24-15(18)2/h11-13,20H,4-10H2,1-3H3,(H,22,24)/t20-/m0/s1. The highest BCUT2D eigenvalue weighted by molar-refractivity contribution is 5.95. The molecule has 0 bridgehead atoms. The summed E-state index contributed by atoms with van der Waals surface area (Å²) >= 11 is 0. The number of amides is 2. The number of aromatic amines is 1. The maximum atomic E-state index is 12.7. The Morgan fingerprint density at radius 2 is 1.86 bits per heavy atom. The molecule has 2 aromatic heterocycles. The van der Waals surface area contributed by atoms with Crippen LogP contribution in [0.3, 0.4) is 0 Å². The number of nitrogens with one attached hydrogen (secondary N) is 1. The van der Waals surface area contributed by atoms with Crippen molar-refractivity contribution in [2.45, 2.75) is 39.7 Å². The predicted molar refractivity (Wildman–Crippen MR) is 110 cm³/mol. The Hall–Kier alpha value is -2.90. The van der Waals surface area contributed by atoms with Gasteiger partial charge in [-0.2, -0.15) is 5.10 Å². The van der Waals surface area contributed by atoms with Crippen LogP contribution in [-0.2, 0) is 4.79 Å². The summed E-state index contributed by atoms with van der Waals surface area (Å²) in [6.07, 6.45) is 3.58. The molecule has 4 heterocycles. The number of carbonyl (C=O) groups is 2. The number of aromatic nitrogens is 3. The Morgan fingerprint density at radius 1 is 1.10 bits per heavy atom. The molecule has 4 rings (SSSR count). The van der Waals surface area contributed by atoms with Gasteiger partial charge in [-0.25, -0.2) is 0 Å². The van der Waals surface area contributed by atoms with Crippen molar-refractivity contribution in [2.75, 3.05) is 37.6 Å². The summed E-state index contributed by atoms with van der Waals surface area (Å²) < 4.78 is 0. The normalized spacial score (nSPS) is 19.7. The zero-order chi connectivity index (χ0) is 20.5. The number of carbonyl (C=O) groups excluding carboxylic acids is 2. The summed E-state index contributed by atoms with van der Waals surface area (Å²) in [4.78, 5) is 35.5. The van der Waals surface area contributed by atoms with Crippen molar-refractivity contribution in [1.82, 2.24) is 25.0 Å². The van der Waals surface area contributed by atoms with Gasteiger partial charge in [-0.1, -0.05) is 0 Å². The SMILES string of the molecule is CC(=O)N1CCC[C@H]1c1cc(N2CCN(C(=O)c3cn[nH]c3C)CC2)cc(C)n1. The molecule has 2 fully saturated rings. The maximum absolute atomic E-state index is 12.7. The molecule has 0 spiro atoms. The van der Waals surface area contributed by atoms with Crippen LogP contribution in [0.15, 0.2) is 18.3 Å². The first-order chi connectivity index (χ1) is 13.9. The Morgan fingerprint density at radius 3 is 2.52 bits per heavy atom. The average Bonchev–Trinajstić information content (AvgIpc) is 3.36. The van der Waals surface area contributed by atoms with Gasteiger partial charge >= 0.3 is 0 Å². The Balaban J connectivity index is 1.47. The molecule has 0 radical (unpaired) electrons. The molecule has 1 N–H and O–H groups in total. The third-order valence-electron chi connectivity index (χ3n) is 5.95. The highest BCUT2D eigenvalue weighted by Gasteiger charge is 2.30. The fourth-order valence-electron chi connectivity index (χ4n) is 4.38. The van der Waals surface area contributed by atoms with E-state index in [1.165, 1.54) is 0 Å². The summed E-state index contributed by atoms with van der Waals surface area (Å²) in [7, 11) is 0. The van der Waals surface area contributed by atoms with Gasteiger partial charge in [-0.3, -0.25) is 19.7 Å². The lowest BCUT2D eigenvalue weighted by atomic mass is 10.1. The van der Waals surface area contributed by atoms with Crippen LogP contribution in [0.2, 0.25) is 0 Å². The summed E-state index contributed by atoms with van der Waals surface area (Å²) in [6.45, 7) is 9.18. The van der Waals surface area contributed by atoms with Crippen LogP contribution in [0, 0.1) is 13.8 Å². The van der Waals surface area contributed by atoms with Crippen molar-refractivity contribution in [3.05, 3.63) is 41.0 Å². The average molecular weight is 396 g/mol. The van der Waals surface area contributed by atoms with Crippen LogP contribution in [0.4, 0.5) is 5.69 Å². The van der Waals surface area contributed by atoms with E-state index in [4.69, 9.17) is 4.98 Å². The third-order valence-corrected chi connectivity index (χ3v) is 5.95. The number of H-pyrrole nitrogens is 1. The van der Waals surface area contributed by atoms with Gasteiger partial charge < -0.3 is 14.7 Å². The van der Waals surface area contributed by atoms with E-state index < -0.39 is 0 Å². The summed E-state index contributed by atoms with van der Waals surface area (Å²) in [6, 6.07) is 4.28. The van der Waals surface area contributed by atoms with E-state index >= 15 is 0 Å². The molecule has 154 valence electrons. The van der Waals surface area contributed by atoms with Gasteiger partial charge in [-0.05, 0) is 38.8 Å². The molecule has 0 saturated carbocycles. The van der Waals surface area contributed by atoms with Gasteiger partial charge in [0.15, 0.2) is 0 Å². The highest BCUT2D eigenvalue weighted by atomic mass is 16.2. The second kappa shape index (κ2) is 7.85. The molecule has 2 saturated heterocycles. The molecule has 2 amide bonds. The predicted octanol–water partition coefficient (Wildman–Crippen LogP) is 2.07. The lowest BCUT2D eigenvalue weighted by molar-refractivity contribution is -0.129. The lowest BCUT2D eigenvalue weighted by Gasteiger charge is -2.36. The molecular formula is C21H28N6O2. The van der Waals surface area contributed by atoms with Crippen molar-refractivity contribution in [3.63, 3.8) is 0 Å². The van der Waals surface area contributed by atoms with Crippen LogP contribution in [-0.4, -0.2) is 69.5 Å². The molecule has 8 nitrogen and oxygen atoms in total. The van der Waals surface area contributed by atoms with Crippen molar-refractivity contribution < 1.29 is 9.59 Å². The smallest absolute Gasteiger partial charge is 0.257 e. The molecule has 2 aliphatic rings. The zero-order valence-corrected chi connectivity index (χ0v) is 17.3. The quantitative estimate of drug-likeness (QED) is 0.858. The molecule has 0 aromatic carbocycles. The van der Waals surface area contributed by atoms with Crippen LogP contribution in [0.5, 0.6) is 0 Å². The summed E-state index contributed by atoms with van der Waals surface area (Å²) in [5.74, 6) is 0.143. The molecule has 0 unspecified atom stereocenters. The van der Waals surface area contributed by atoms with E-state index in [0.717, 1.165) is 55.2 Å². The summed E-state index contributed by atoms with van der Waals surface area (Å²) in [5, 5.41) is 6.79. The third kappa shape index (κ3) is 3.83. The number of hydrogen-bond donors (Lipinski definition) is 1. The Bertz CT molecular complexity index is 916. The van der Waals surface area contributed by atoms with Crippen molar-refractivity contribution >= 4 is 17.5 Å². The molecule has 8 heteroatoms. The maximum Gasteiger partial charge on any atom is 0.257 e. The number of anilines is 1. The zero-order valence-electron chi connectivity index (χ0n) is 17.3. The molecule has 2 aliphatic heterocycles. The lowest BCUT2D eigenvalue weighted by Crippen LogP contribution is -2.49. The van der Waals surface area contributed by atoms with Crippen molar-refractivity contribution in [2.24, 2.45) is 0 Å². The number of piperazine rings is 1. The van der Waals surface area contributed by atoms with Gasteiger partial charge in [-0.15, -0.1) is 0 Å². The minimum atomic E-state index is 0.0329. The van der Waals surface area contributed by atoms with Gasteiger partial charge in [0.25, 0.3) is 5.91 Å². The largest absolute Gasteiger partial charge is 0.368 e. The number of aryl methyl sites for hydroxylation is 2. The van der Waals surface area contributed by atoms with Crippen LogP contribution >= 0.6 is 0 Å². The first-order valence-corrected chi connectivity index (χ1v) is 10.2. The fraction of sp³-hybridized carbons (Fsp3) is 0.524. The first-order valence-electron chi connectivity index (χ1n) is 10.2. The number of nitrogens with zero attached hydrogens (tertiary/aromatic N) is 5. The van der Waals surface area contributed by atoms with E-state index in [2.05, 4.69) is 27.2 Å². The van der Waals surface area contributed by atoms with E-state index in [0.29, 0.717) is 18.7 Å². The van der Waals surface area contributed by atoms with Crippen LogP contribution < -0.4 is 4.90 Å². The second-order valence-electron chi connectivity index (χ2n) is 7.95. The minimum absolute atomic E-state index is 0.0329. The van der Waals surface area contributed by atoms with E-state index in [1.54, 1.807) is 13.1 Å². The number of hydrogen-bond acceptors (Lipinski definition) is 5. The second-order valence-corrected chi connectivity index (χ2v) is 7.95. The Labute approximate surface area is 170 Å². The van der Waals surface area contributed by atoms with Gasteiger partial charge in [0.1, 0.15) is 0 Å². The van der Waals surface area contributed by atoms with Crippen LogP contribution in [0.1, 0.15) is 53.2 Å². The van der Waals surface area contributed by atoms with Crippen molar-refractivity contribution in [3.8, 4) is 0 Å². The molecular weight excluding hydrogens is 368 g/mol. The Kier molecular flexibility index (Phi) is 5.25. The van der Waals surface area contributed by atoms with Gasteiger partial charge in [0.05, 0.1) is 23.5 Å². The van der Waals surface area contributed by atoms with Gasteiger partial charge in [0.2, 0.25) is 5.91 Å². The first kappa shape index (κ1) is 19.4. The minimum Gasteiger partial charge on any atom is -0.368 e. The van der Waals surface area contributed by atoms with E-state index in [-0.39, 0.29) is 17.9 Å². The molecule has 1 atom stereocenters. The van der Waals surface area contributed by atoms with Crippen molar-refractivity contribution in [1.29, 1.82) is 0 Å². The number of rotatable bonds is 3.